The van der Waals surface area contributed by atoms with Gasteiger partial charge in [0.15, 0.2) is 17.2 Å². The van der Waals surface area contributed by atoms with E-state index in [9.17, 15) is 27.1 Å². The number of aromatic nitrogens is 3. The number of pyridine rings is 1. The highest BCUT2D eigenvalue weighted by Gasteiger charge is 2.51. The summed E-state index contributed by atoms with van der Waals surface area (Å²) < 4.78 is 68.4. The SMILES string of the molecule is CC(O)(c1cncc(-c2nc3cc(F)c(F)cc3n2C2CC2)c1)C(F)(F)F. The maximum Gasteiger partial charge on any atom is 0.421 e. The molecule has 1 unspecified atom stereocenters. The Morgan fingerprint density at radius 2 is 1.74 bits per heavy atom. The molecule has 0 spiro atoms. The van der Waals surface area contributed by atoms with Crippen LogP contribution in [0.3, 0.4) is 0 Å². The molecule has 0 saturated heterocycles. The van der Waals surface area contributed by atoms with Crippen molar-refractivity contribution in [3.8, 4) is 11.4 Å². The molecule has 0 aliphatic heterocycles. The molecule has 1 N–H and O–H groups in total. The maximum atomic E-state index is 13.7. The molecule has 0 radical (unpaired) electrons. The van der Waals surface area contributed by atoms with E-state index in [0.717, 1.165) is 37.2 Å². The number of hydrogen-bond donors (Lipinski definition) is 1. The lowest BCUT2D eigenvalue weighted by Gasteiger charge is -2.26. The Balaban J connectivity index is 1.91. The van der Waals surface area contributed by atoms with Crippen molar-refractivity contribution in [2.45, 2.75) is 37.6 Å². The zero-order valence-corrected chi connectivity index (χ0v) is 14.1. The van der Waals surface area contributed by atoms with Crippen LogP contribution in [-0.2, 0) is 5.60 Å². The average molecular weight is 383 g/mol. The summed E-state index contributed by atoms with van der Waals surface area (Å²) >= 11 is 0. The first-order valence-corrected chi connectivity index (χ1v) is 8.21. The molecule has 27 heavy (non-hydrogen) atoms. The van der Waals surface area contributed by atoms with E-state index in [1.165, 1.54) is 6.20 Å². The van der Waals surface area contributed by atoms with Crippen molar-refractivity contribution in [2.75, 3.05) is 0 Å². The van der Waals surface area contributed by atoms with Crippen LogP contribution in [-0.4, -0.2) is 25.8 Å². The Hall–Kier alpha value is -2.55. The maximum absolute atomic E-state index is 13.7. The van der Waals surface area contributed by atoms with Crippen LogP contribution in [0.1, 0.15) is 31.4 Å². The smallest absolute Gasteiger partial charge is 0.376 e. The minimum absolute atomic E-state index is 0.00152. The number of halogens is 5. The fourth-order valence-electron chi connectivity index (χ4n) is 2.99. The van der Waals surface area contributed by atoms with Gasteiger partial charge in [0.2, 0.25) is 0 Å². The van der Waals surface area contributed by atoms with E-state index in [1.54, 1.807) is 4.57 Å². The van der Waals surface area contributed by atoms with Crippen molar-refractivity contribution in [3.63, 3.8) is 0 Å². The van der Waals surface area contributed by atoms with E-state index in [1.807, 2.05) is 0 Å². The molecule has 1 aromatic carbocycles. The van der Waals surface area contributed by atoms with E-state index >= 15 is 0 Å². The van der Waals surface area contributed by atoms with Crippen LogP contribution in [0.4, 0.5) is 22.0 Å². The Morgan fingerprint density at radius 3 is 2.37 bits per heavy atom. The summed E-state index contributed by atoms with van der Waals surface area (Å²) in [4.78, 5) is 8.09. The Labute approximate surface area is 150 Å². The van der Waals surface area contributed by atoms with E-state index in [2.05, 4.69) is 9.97 Å². The van der Waals surface area contributed by atoms with E-state index in [4.69, 9.17) is 0 Å². The second-order valence-electron chi connectivity index (χ2n) is 6.82. The van der Waals surface area contributed by atoms with Crippen molar-refractivity contribution in [2.24, 2.45) is 0 Å². The Kier molecular flexibility index (Phi) is 3.78. The van der Waals surface area contributed by atoms with Crippen molar-refractivity contribution < 1.29 is 27.1 Å². The first kappa shape index (κ1) is 17.8. The minimum Gasteiger partial charge on any atom is -0.376 e. The van der Waals surface area contributed by atoms with Crippen LogP contribution in [0.5, 0.6) is 0 Å². The summed E-state index contributed by atoms with van der Waals surface area (Å²) in [5, 5.41) is 9.91. The third-order valence-electron chi connectivity index (χ3n) is 4.75. The van der Waals surface area contributed by atoms with Gasteiger partial charge >= 0.3 is 6.18 Å². The van der Waals surface area contributed by atoms with Crippen molar-refractivity contribution in [3.05, 3.63) is 47.8 Å². The van der Waals surface area contributed by atoms with Gasteiger partial charge in [0.25, 0.3) is 0 Å². The highest BCUT2D eigenvalue weighted by Crippen LogP contribution is 2.43. The number of benzene rings is 1. The van der Waals surface area contributed by atoms with Gasteiger partial charge < -0.3 is 9.67 Å². The minimum atomic E-state index is -4.89. The first-order chi connectivity index (χ1) is 12.6. The fourth-order valence-corrected chi connectivity index (χ4v) is 2.99. The molecular weight excluding hydrogens is 369 g/mol. The van der Waals surface area contributed by atoms with Gasteiger partial charge in [-0.15, -0.1) is 0 Å². The molecule has 142 valence electrons. The quantitative estimate of drug-likeness (QED) is 0.679. The number of nitrogens with zero attached hydrogens (tertiary/aromatic N) is 3. The predicted octanol–water partition coefficient (Wildman–Crippen LogP) is 4.48. The summed E-state index contributed by atoms with van der Waals surface area (Å²) in [7, 11) is 0. The molecule has 4 rings (SSSR count). The third kappa shape index (κ3) is 2.86. The lowest BCUT2D eigenvalue weighted by Crippen LogP contribution is -2.39. The summed E-state index contributed by atoms with van der Waals surface area (Å²) in [5.74, 6) is -1.83. The number of imidazole rings is 1. The standard InChI is InChI=1S/C18H14F5N3O/c1-17(27,18(21,22)23)10-4-9(7-24-8-10)16-25-14-5-12(19)13(20)6-15(14)26(16)11-2-3-11/h4-8,11,27H,2-3H2,1H3. The number of aliphatic hydroxyl groups is 1. The molecule has 1 aliphatic carbocycles. The average Bonchev–Trinajstić information content (AvgIpc) is 3.36. The van der Waals surface area contributed by atoms with E-state index in [0.29, 0.717) is 12.4 Å². The van der Waals surface area contributed by atoms with Crippen LogP contribution >= 0.6 is 0 Å². The summed E-state index contributed by atoms with van der Waals surface area (Å²) in [6.07, 6.45) is -1.06. The normalized spacial score (nSPS) is 17.3. The van der Waals surface area contributed by atoms with Gasteiger partial charge in [-0.1, -0.05) is 0 Å². The molecule has 2 heterocycles. The highest BCUT2D eigenvalue weighted by atomic mass is 19.4. The van der Waals surface area contributed by atoms with Crippen LogP contribution in [0.25, 0.3) is 22.4 Å². The molecule has 9 heteroatoms. The summed E-state index contributed by atoms with van der Waals surface area (Å²) in [6.45, 7) is 0.641. The van der Waals surface area contributed by atoms with Gasteiger partial charge in [-0.05, 0) is 25.8 Å². The number of fused-ring (bicyclic) bond motifs is 1. The molecule has 1 saturated carbocycles. The first-order valence-electron chi connectivity index (χ1n) is 8.21. The highest BCUT2D eigenvalue weighted by molar-refractivity contribution is 5.81. The fraction of sp³-hybridized carbons (Fsp3) is 0.333. The topological polar surface area (TPSA) is 50.9 Å². The second kappa shape index (κ2) is 5.72. The molecule has 3 aromatic rings. The zero-order chi connectivity index (χ0) is 19.6. The lowest BCUT2D eigenvalue weighted by atomic mass is 9.96. The van der Waals surface area contributed by atoms with E-state index < -0.39 is 29.0 Å². The molecule has 2 aromatic heterocycles. The molecule has 4 nitrogen and oxygen atoms in total. The largest absolute Gasteiger partial charge is 0.421 e. The van der Waals surface area contributed by atoms with Gasteiger partial charge in [0, 0.05) is 41.7 Å². The molecule has 1 atom stereocenters. The van der Waals surface area contributed by atoms with Gasteiger partial charge in [-0.3, -0.25) is 4.98 Å². The number of hydrogen-bond acceptors (Lipinski definition) is 3. The Morgan fingerprint density at radius 1 is 1.07 bits per heavy atom. The summed E-state index contributed by atoms with van der Waals surface area (Å²) in [6, 6.07) is 3.13. The molecule has 0 bridgehead atoms. The number of rotatable bonds is 3. The van der Waals surface area contributed by atoms with Crippen LogP contribution in [0, 0.1) is 11.6 Å². The predicted molar refractivity (Wildman–Crippen MR) is 86.8 cm³/mol. The molecule has 1 fully saturated rings. The van der Waals surface area contributed by atoms with Gasteiger partial charge in [0.05, 0.1) is 11.0 Å². The molecular formula is C18H14F5N3O. The van der Waals surface area contributed by atoms with Gasteiger partial charge in [-0.2, -0.15) is 13.2 Å². The summed E-state index contributed by atoms with van der Waals surface area (Å²) in [5.41, 5.74) is -2.76. The third-order valence-corrected chi connectivity index (χ3v) is 4.75. The van der Waals surface area contributed by atoms with Crippen molar-refractivity contribution in [1.29, 1.82) is 0 Å². The molecule has 1 aliphatic rings. The number of alkyl halides is 3. The van der Waals surface area contributed by atoms with Crippen LogP contribution in [0.2, 0.25) is 0 Å². The van der Waals surface area contributed by atoms with E-state index in [-0.39, 0.29) is 22.9 Å². The lowest BCUT2D eigenvalue weighted by molar-refractivity contribution is -0.259. The van der Waals surface area contributed by atoms with Gasteiger partial charge in [-0.25, -0.2) is 13.8 Å². The van der Waals surface area contributed by atoms with Crippen LogP contribution < -0.4 is 0 Å². The van der Waals surface area contributed by atoms with Crippen molar-refractivity contribution >= 4 is 11.0 Å². The Bertz CT molecular complexity index is 1040. The van der Waals surface area contributed by atoms with Crippen LogP contribution in [0.15, 0.2) is 30.6 Å². The monoisotopic (exact) mass is 383 g/mol. The molecule has 0 amide bonds. The second-order valence-corrected chi connectivity index (χ2v) is 6.82. The van der Waals surface area contributed by atoms with Crippen molar-refractivity contribution in [1.82, 2.24) is 14.5 Å². The zero-order valence-electron chi connectivity index (χ0n) is 14.1. The van der Waals surface area contributed by atoms with Gasteiger partial charge in [0.1, 0.15) is 5.82 Å².